The van der Waals surface area contributed by atoms with Gasteiger partial charge >= 0.3 is 12.1 Å². The Balaban J connectivity index is 4.49. The van der Waals surface area contributed by atoms with E-state index < -0.39 is 24.1 Å². The molecule has 114 valence electrons. The first-order valence-electron chi connectivity index (χ1n) is 6.10. The summed E-state index contributed by atoms with van der Waals surface area (Å²) in [6.45, 7) is 3.37. The minimum atomic E-state index is -4.16. The van der Waals surface area contributed by atoms with Crippen molar-refractivity contribution in [3.05, 3.63) is 0 Å². The third-order valence-electron chi connectivity index (χ3n) is 3.39. The molecule has 0 amide bonds. The Morgan fingerprint density at radius 1 is 1.42 bits per heavy atom. The van der Waals surface area contributed by atoms with E-state index in [0.717, 1.165) is 0 Å². The zero-order valence-electron chi connectivity index (χ0n) is 12.1. The molecule has 0 fully saturated rings. The summed E-state index contributed by atoms with van der Waals surface area (Å²) < 4.78 is 41.2. The number of alkyl halides is 3. The molecule has 0 aromatic heterocycles. The second-order valence-electron chi connectivity index (χ2n) is 4.97. The molecule has 0 spiro atoms. The number of methoxy groups -OCH3 is 1. The van der Waals surface area contributed by atoms with Crippen LogP contribution in [0.3, 0.4) is 0 Å². The molecule has 0 radical (unpaired) electrons. The van der Waals surface area contributed by atoms with Gasteiger partial charge in [-0.1, -0.05) is 0 Å². The number of nitrogens with one attached hydrogen (secondary N) is 1. The number of carbonyl (C=O) groups excluding carboxylic acids is 1. The molecule has 1 N–H and O–H groups in total. The minimum Gasteiger partial charge on any atom is -0.468 e. The molecule has 0 aromatic carbocycles. The zero-order chi connectivity index (χ0) is 15.3. The molecule has 19 heavy (non-hydrogen) atoms. The predicted octanol–water partition coefficient (Wildman–Crippen LogP) is 1.80. The molecule has 4 nitrogen and oxygen atoms in total. The lowest BCUT2D eigenvalue weighted by atomic mass is 9.93. The summed E-state index contributed by atoms with van der Waals surface area (Å²) in [6, 6.07) is -0.182. The van der Waals surface area contributed by atoms with Crippen molar-refractivity contribution in [3.8, 4) is 0 Å². The molecule has 0 saturated carbocycles. The fraction of sp³-hybridized carbons (Fsp3) is 0.917. The van der Waals surface area contributed by atoms with E-state index in [9.17, 15) is 18.0 Å². The topological polar surface area (TPSA) is 41.6 Å². The fourth-order valence-corrected chi connectivity index (χ4v) is 1.78. The van der Waals surface area contributed by atoms with Gasteiger partial charge in [-0.15, -0.1) is 0 Å². The largest absolute Gasteiger partial charge is 0.468 e. The Morgan fingerprint density at radius 3 is 2.32 bits per heavy atom. The molecule has 7 heteroatoms. The number of rotatable bonds is 7. The Hall–Kier alpha value is -0.820. The van der Waals surface area contributed by atoms with Crippen LogP contribution >= 0.6 is 0 Å². The Bertz CT molecular complexity index is 297. The van der Waals surface area contributed by atoms with E-state index in [1.54, 1.807) is 32.8 Å². The first-order chi connectivity index (χ1) is 8.55. The van der Waals surface area contributed by atoms with Crippen LogP contribution in [0.1, 0.15) is 26.7 Å². The molecule has 0 aliphatic rings. The number of likely N-dealkylation sites (N-methyl/N-ethyl adjacent to an activating group) is 1. The number of esters is 1. The standard InChI is InChI=1S/C12H23F3N2O2/c1-9(17(4)7-6-12(13,14)15)8-11(2,16-3)10(18)19-5/h9,16H,6-8H2,1-5H3. The highest BCUT2D eigenvalue weighted by Gasteiger charge is 2.35. The SMILES string of the molecule is CNC(C)(CC(C)N(C)CCC(F)(F)F)C(=O)OC. The molecule has 2 unspecified atom stereocenters. The van der Waals surface area contributed by atoms with Crippen LogP contribution in [0.5, 0.6) is 0 Å². The quantitative estimate of drug-likeness (QED) is 0.724. The highest BCUT2D eigenvalue weighted by molar-refractivity contribution is 5.80. The van der Waals surface area contributed by atoms with Gasteiger partial charge in [-0.05, 0) is 34.4 Å². The summed E-state index contributed by atoms with van der Waals surface area (Å²) in [6.07, 6.45) is -4.66. The Kier molecular flexibility index (Phi) is 6.79. The number of hydrogen-bond acceptors (Lipinski definition) is 4. The molecule has 0 bridgehead atoms. The fourth-order valence-electron chi connectivity index (χ4n) is 1.78. The van der Waals surface area contributed by atoms with Crippen LogP contribution in [0.25, 0.3) is 0 Å². The molecule has 0 aliphatic heterocycles. The van der Waals surface area contributed by atoms with E-state index >= 15 is 0 Å². The molecule has 0 saturated heterocycles. The number of ether oxygens (including phenoxy) is 1. The van der Waals surface area contributed by atoms with Gasteiger partial charge < -0.3 is 15.0 Å². The molecule has 0 rings (SSSR count). The molecule has 0 heterocycles. The van der Waals surface area contributed by atoms with Crippen molar-refractivity contribution in [1.82, 2.24) is 10.2 Å². The highest BCUT2D eigenvalue weighted by Crippen LogP contribution is 2.22. The molecule has 2 atom stereocenters. The molecular weight excluding hydrogens is 261 g/mol. The maximum atomic E-state index is 12.2. The van der Waals surface area contributed by atoms with E-state index in [1.165, 1.54) is 7.11 Å². The molecular formula is C12H23F3N2O2. The smallest absolute Gasteiger partial charge is 0.390 e. The molecule has 0 aliphatic carbocycles. The Labute approximate surface area is 112 Å². The van der Waals surface area contributed by atoms with Gasteiger partial charge in [0.2, 0.25) is 0 Å². The minimum absolute atomic E-state index is 0.0916. The van der Waals surface area contributed by atoms with Crippen LogP contribution in [0.4, 0.5) is 13.2 Å². The van der Waals surface area contributed by atoms with Crippen LogP contribution < -0.4 is 5.32 Å². The maximum absolute atomic E-state index is 12.2. The first-order valence-corrected chi connectivity index (χ1v) is 6.10. The van der Waals surface area contributed by atoms with E-state index in [4.69, 9.17) is 4.74 Å². The van der Waals surface area contributed by atoms with Crippen LogP contribution in [-0.4, -0.2) is 56.4 Å². The lowest BCUT2D eigenvalue weighted by molar-refractivity contribution is -0.149. The number of nitrogens with zero attached hydrogens (tertiary/aromatic N) is 1. The third kappa shape index (κ3) is 6.24. The predicted molar refractivity (Wildman–Crippen MR) is 66.9 cm³/mol. The third-order valence-corrected chi connectivity index (χ3v) is 3.39. The van der Waals surface area contributed by atoms with Crippen molar-refractivity contribution in [2.24, 2.45) is 0 Å². The van der Waals surface area contributed by atoms with Crippen LogP contribution in [-0.2, 0) is 9.53 Å². The normalized spacial score (nSPS) is 17.1. The Morgan fingerprint density at radius 2 is 1.95 bits per heavy atom. The van der Waals surface area contributed by atoms with Crippen LogP contribution in [0, 0.1) is 0 Å². The number of hydrogen-bond donors (Lipinski definition) is 1. The van der Waals surface area contributed by atoms with Gasteiger partial charge in [0.25, 0.3) is 0 Å². The summed E-state index contributed by atoms with van der Waals surface area (Å²) >= 11 is 0. The van der Waals surface area contributed by atoms with Crippen molar-refractivity contribution in [2.45, 2.75) is 44.4 Å². The van der Waals surface area contributed by atoms with E-state index in [0.29, 0.717) is 6.42 Å². The molecule has 0 aromatic rings. The number of halogens is 3. The van der Waals surface area contributed by atoms with Gasteiger partial charge in [0.1, 0.15) is 5.54 Å². The first kappa shape index (κ1) is 18.2. The van der Waals surface area contributed by atoms with Gasteiger partial charge in [-0.25, -0.2) is 0 Å². The van der Waals surface area contributed by atoms with Gasteiger partial charge in [0.05, 0.1) is 13.5 Å². The van der Waals surface area contributed by atoms with Crippen molar-refractivity contribution in [3.63, 3.8) is 0 Å². The lowest BCUT2D eigenvalue weighted by Gasteiger charge is -2.33. The van der Waals surface area contributed by atoms with Gasteiger partial charge in [0.15, 0.2) is 0 Å². The van der Waals surface area contributed by atoms with Gasteiger partial charge in [-0.2, -0.15) is 13.2 Å². The summed E-state index contributed by atoms with van der Waals surface area (Å²) in [7, 11) is 4.53. The van der Waals surface area contributed by atoms with Crippen molar-refractivity contribution >= 4 is 5.97 Å². The van der Waals surface area contributed by atoms with E-state index in [-0.39, 0.29) is 12.6 Å². The van der Waals surface area contributed by atoms with Crippen molar-refractivity contribution < 1.29 is 22.7 Å². The zero-order valence-corrected chi connectivity index (χ0v) is 12.1. The van der Waals surface area contributed by atoms with Crippen molar-refractivity contribution in [1.29, 1.82) is 0 Å². The summed E-state index contributed by atoms with van der Waals surface area (Å²) in [5.74, 6) is -0.425. The summed E-state index contributed by atoms with van der Waals surface area (Å²) in [4.78, 5) is 13.2. The average molecular weight is 284 g/mol. The second-order valence-corrected chi connectivity index (χ2v) is 4.97. The lowest BCUT2D eigenvalue weighted by Crippen LogP contribution is -2.52. The highest BCUT2D eigenvalue weighted by atomic mass is 19.4. The van der Waals surface area contributed by atoms with E-state index in [2.05, 4.69) is 5.32 Å². The van der Waals surface area contributed by atoms with Gasteiger partial charge in [0, 0.05) is 12.6 Å². The van der Waals surface area contributed by atoms with E-state index in [1.807, 2.05) is 0 Å². The average Bonchev–Trinajstić information content (AvgIpc) is 2.33. The summed E-state index contributed by atoms with van der Waals surface area (Å²) in [5, 5.41) is 2.86. The summed E-state index contributed by atoms with van der Waals surface area (Å²) in [5.41, 5.74) is -0.902. The number of carbonyl (C=O) groups is 1. The second kappa shape index (κ2) is 7.09. The monoisotopic (exact) mass is 284 g/mol. The van der Waals surface area contributed by atoms with Gasteiger partial charge in [-0.3, -0.25) is 4.79 Å². The van der Waals surface area contributed by atoms with Crippen LogP contribution in [0.2, 0.25) is 0 Å². The van der Waals surface area contributed by atoms with Crippen molar-refractivity contribution in [2.75, 3.05) is 27.7 Å². The van der Waals surface area contributed by atoms with Crippen LogP contribution in [0.15, 0.2) is 0 Å². The maximum Gasteiger partial charge on any atom is 0.390 e.